The number of ether oxygens (including phenoxy) is 1. The molecule has 1 saturated heterocycles. The SMILES string of the molecule is CN1C(=O)NC[C@@H]1C(=O)Nc1cc(Oc2ccc(C(F)(F)F)cn2)cc2c1ncn2C. The number of amides is 3. The van der Waals surface area contributed by atoms with Gasteiger partial charge in [0.15, 0.2) is 0 Å². The fourth-order valence-electron chi connectivity index (χ4n) is 3.16. The fraction of sp³-hybridized carbons (Fsp3) is 0.263. The lowest BCUT2D eigenvalue weighted by molar-refractivity contribution is -0.137. The van der Waals surface area contributed by atoms with Crippen LogP contribution in [-0.2, 0) is 18.0 Å². The number of rotatable bonds is 4. The molecule has 1 aliphatic rings. The van der Waals surface area contributed by atoms with Crippen LogP contribution >= 0.6 is 0 Å². The third-order valence-corrected chi connectivity index (χ3v) is 4.88. The van der Waals surface area contributed by atoms with Crippen LogP contribution in [0.1, 0.15) is 5.56 Å². The van der Waals surface area contributed by atoms with Gasteiger partial charge in [-0.1, -0.05) is 0 Å². The number of aromatic nitrogens is 3. The number of urea groups is 1. The largest absolute Gasteiger partial charge is 0.439 e. The number of hydrogen-bond donors (Lipinski definition) is 2. The Balaban J connectivity index is 1.62. The first-order chi connectivity index (χ1) is 14.6. The molecule has 31 heavy (non-hydrogen) atoms. The average molecular weight is 434 g/mol. The highest BCUT2D eigenvalue weighted by Gasteiger charge is 2.33. The van der Waals surface area contributed by atoms with Crippen LogP contribution in [0.3, 0.4) is 0 Å². The predicted octanol–water partition coefficient (Wildman–Crippen LogP) is 2.74. The maximum atomic E-state index is 12.7. The minimum absolute atomic E-state index is 0.0443. The summed E-state index contributed by atoms with van der Waals surface area (Å²) in [4.78, 5) is 33.6. The van der Waals surface area contributed by atoms with Crippen molar-refractivity contribution >= 4 is 28.7 Å². The Morgan fingerprint density at radius 1 is 1.26 bits per heavy atom. The number of benzene rings is 1. The van der Waals surface area contributed by atoms with Crippen molar-refractivity contribution < 1.29 is 27.5 Å². The van der Waals surface area contributed by atoms with Crippen LogP contribution in [0, 0.1) is 0 Å². The van der Waals surface area contributed by atoms with Crippen LogP contribution in [0.4, 0.5) is 23.7 Å². The quantitative estimate of drug-likeness (QED) is 0.658. The summed E-state index contributed by atoms with van der Waals surface area (Å²) >= 11 is 0. The molecule has 12 heteroatoms. The zero-order valence-corrected chi connectivity index (χ0v) is 16.4. The first-order valence-corrected chi connectivity index (χ1v) is 9.11. The van der Waals surface area contributed by atoms with Crippen molar-refractivity contribution in [3.63, 3.8) is 0 Å². The molecule has 162 valence electrons. The van der Waals surface area contributed by atoms with Gasteiger partial charge in [0.2, 0.25) is 11.8 Å². The third-order valence-electron chi connectivity index (χ3n) is 4.88. The summed E-state index contributed by atoms with van der Waals surface area (Å²) in [6, 6.07) is 4.05. The summed E-state index contributed by atoms with van der Waals surface area (Å²) in [6.45, 7) is 0.165. The molecule has 4 rings (SSSR count). The topological polar surface area (TPSA) is 101 Å². The lowest BCUT2D eigenvalue weighted by atomic mass is 10.2. The van der Waals surface area contributed by atoms with Crippen molar-refractivity contribution in [2.24, 2.45) is 7.05 Å². The highest BCUT2D eigenvalue weighted by molar-refractivity contribution is 6.04. The lowest BCUT2D eigenvalue weighted by Crippen LogP contribution is -2.40. The number of aryl methyl sites for hydroxylation is 1. The van der Waals surface area contributed by atoms with Crippen molar-refractivity contribution in [1.29, 1.82) is 0 Å². The van der Waals surface area contributed by atoms with E-state index in [9.17, 15) is 22.8 Å². The second kappa shape index (κ2) is 7.45. The number of hydrogen-bond acceptors (Lipinski definition) is 5. The Labute approximate surface area is 173 Å². The van der Waals surface area contributed by atoms with Gasteiger partial charge in [0.1, 0.15) is 17.3 Å². The van der Waals surface area contributed by atoms with E-state index in [0.717, 1.165) is 12.1 Å². The molecule has 0 radical (unpaired) electrons. The normalized spacial score (nSPS) is 16.5. The summed E-state index contributed by atoms with van der Waals surface area (Å²) in [7, 11) is 3.26. The van der Waals surface area contributed by atoms with Crippen molar-refractivity contribution in [1.82, 2.24) is 24.8 Å². The van der Waals surface area contributed by atoms with E-state index in [1.165, 1.54) is 18.0 Å². The van der Waals surface area contributed by atoms with Gasteiger partial charge in [-0.05, 0) is 6.07 Å². The van der Waals surface area contributed by atoms with Crippen LogP contribution in [-0.4, -0.2) is 51.0 Å². The van der Waals surface area contributed by atoms with E-state index in [0.29, 0.717) is 22.9 Å². The van der Waals surface area contributed by atoms with E-state index in [-0.39, 0.29) is 24.2 Å². The van der Waals surface area contributed by atoms with Gasteiger partial charge in [-0.3, -0.25) is 4.79 Å². The number of nitrogens with zero attached hydrogens (tertiary/aromatic N) is 4. The Bertz CT molecular complexity index is 1160. The monoisotopic (exact) mass is 434 g/mol. The summed E-state index contributed by atoms with van der Waals surface area (Å²) in [5.74, 6) is -0.220. The molecular weight excluding hydrogens is 417 g/mol. The number of likely N-dealkylation sites (N-methyl/N-ethyl adjacent to an activating group) is 1. The highest BCUT2D eigenvalue weighted by atomic mass is 19.4. The Morgan fingerprint density at radius 3 is 2.65 bits per heavy atom. The van der Waals surface area contributed by atoms with Crippen molar-refractivity contribution in [2.75, 3.05) is 18.9 Å². The van der Waals surface area contributed by atoms with E-state index in [2.05, 4.69) is 20.6 Å². The molecule has 0 unspecified atom stereocenters. The van der Waals surface area contributed by atoms with Crippen molar-refractivity contribution in [2.45, 2.75) is 12.2 Å². The maximum Gasteiger partial charge on any atom is 0.417 e. The zero-order valence-electron chi connectivity index (χ0n) is 16.4. The van der Waals surface area contributed by atoms with Gasteiger partial charge in [-0.25, -0.2) is 14.8 Å². The van der Waals surface area contributed by atoms with Crippen LogP contribution in [0.25, 0.3) is 11.0 Å². The molecule has 1 fully saturated rings. The molecule has 9 nitrogen and oxygen atoms in total. The zero-order chi connectivity index (χ0) is 22.3. The van der Waals surface area contributed by atoms with Gasteiger partial charge in [-0.2, -0.15) is 13.2 Å². The van der Waals surface area contributed by atoms with Gasteiger partial charge in [-0.15, -0.1) is 0 Å². The molecule has 0 saturated carbocycles. The predicted molar refractivity (Wildman–Crippen MR) is 104 cm³/mol. The molecule has 0 spiro atoms. The number of nitrogens with one attached hydrogen (secondary N) is 2. The average Bonchev–Trinajstić information content (AvgIpc) is 3.24. The van der Waals surface area contributed by atoms with E-state index in [4.69, 9.17) is 4.74 Å². The fourth-order valence-corrected chi connectivity index (χ4v) is 3.16. The standard InChI is InChI=1S/C19H17F3N6O3/c1-27-9-25-16-12(26-17(29)14-8-24-18(30)28(14)2)5-11(6-13(16)27)31-15-4-3-10(7-23-15)19(20,21)22/h3-7,9,14H,8H2,1-2H3,(H,24,30)(H,26,29)/t14-/m1/s1. The lowest BCUT2D eigenvalue weighted by Gasteiger charge is -2.18. The number of imidazole rings is 1. The molecule has 2 aromatic heterocycles. The van der Waals surface area contributed by atoms with Gasteiger partial charge in [0.25, 0.3) is 0 Å². The van der Waals surface area contributed by atoms with Crippen LogP contribution in [0.5, 0.6) is 11.6 Å². The second-order valence-corrected chi connectivity index (χ2v) is 6.98. The highest BCUT2D eigenvalue weighted by Crippen LogP contribution is 2.33. The number of carbonyl (C=O) groups is 2. The van der Waals surface area contributed by atoms with E-state index < -0.39 is 23.7 Å². The van der Waals surface area contributed by atoms with Gasteiger partial charge >= 0.3 is 12.2 Å². The van der Waals surface area contributed by atoms with E-state index in [1.807, 2.05) is 0 Å². The van der Waals surface area contributed by atoms with Crippen molar-refractivity contribution in [3.8, 4) is 11.6 Å². The van der Waals surface area contributed by atoms with Gasteiger partial charge in [0, 0.05) is 45.0 Å². The molecule has 3 heterocycles. The van der Waals surface area contributed by atoms with Crippen LogP contribution in [0.2, 0.25) is 0 Å². The molecule has 0 bridgehead atoms. The Kier molecular flexibility index (Phi) is 4.91. The molecule has 0 aliphatic carbocycles. The first kappa shape index (κ1) is 20.4. The number of carbonyl (C=O) groups excluding carboxylic acids is 2. The minimum atomic E-state index is -4.50. The Morgan fingerprint density at radius 2 is 2.03 bits per heavy atom. The minimum Gasteiger partial charge on any atom is -0.439 e. The van der Waals surface area contributed by atoms with Gasteiger partial charge in [0.05, 0.1) is 23.1 Å². The summed E-state index contributed by atoms with van der Waals surface area (Å²) in [5.41, 5.74) is 0.550. The molecule has 2 N–H and O–H groups in total. The number of alkyl halides is 3. The third kappa shape index (κ3) is 3.96. The number of fused-ring (bicyclic) bond motifs is 1. The summed E-state index contributed by atoms with van der Waals surface area (Å²) in [6.07, 6.45) is -2.27. The van der Waals surface area contributed by atoms with Crippen LogP contribution in [0.15, 0.2) is 36.8 Å². The van der Waals surface area contributed by atoms with Crippen molar-refractivity contribution in [3.05, 3.63) is 42.4 Å². The number of halogens is 3. The molecule has 1 atom stereocenters. The smallest absolute Gasteiger partial charge is 0.417 e. The molecule has 1 aromatic carbocycles. The van der Waals surface area contributed by atoms with E-state index >= 15 is 0 Å². The van der Waals surface area contributed by atoms with E-state index in [1.54, 1.807) is 24.0 Å². The maximum absolute atomic E-state index is 12.7. The Hall–Kier alpha value is -3.83. The summed E-state index contributed by atoms with van der Waals surface area (Å²) in [5, 5.41) is 5.33. The van der Waals surface area contributed by atoms with Crippen LogP contribution < -0.4 is 15.4 Å². The number of pyridine rings is 1. The molecular formula is C19H17F3N6O3. The molecule has 1 aliphatic heterocycles. The number of anilines is 1. The molecule has 3 amide bonds. The summed E-state index contributed by atoms with van der Waals surface area (Å²) < 4.78 is 45.5. The molecule has 3 aromatic rings. The van der Waals surface area contributed by atoms with Gasteiger partial charge < -0.3 is 24.8 Å². The first-order valence-electron chi connectivity index (χ1n) is 9.11. The second-order valence-electron chi connectivity index (χ2n) is 6.98.